The lowest BCUT2D eigenvalue weighted by Gasteiger charge is -2.06. The fraction of sp³-hybridized carbons (Fsp3) is 0.200. The van der Waals surface area contributed by atoms with Crippen molar-refractivity contribution in [2.45, 2.75) is 19.3 Å². The standard InChI is InChI=1S/C15H14O2S2/c1-3-10(2)14-13(18-15(17)19-14)9-12(16)11-7-5-4-6-8-11/h3-8,10H,1,9H2,2H3. The van der Waals surface area contributed by atoms with Gasteiger partial charge in [0, 0.05) is 27.7 Å². The van der Waals surface area contributed by atoms with Crippen molar-refractivity contribution in [1.82, 2.24) is 0 Å². The van der Waals surface area contributed by atoms with E-state index in [0.29, 0.717) is 12.0 Å². The number of hydrogen-bond donors (Lipinski definition) is 0. The maximum absolute atomic E-state index is 12.2. The molecule has 2 nitrogen and oxygen atoms in total. The van der Waals surface area contributed by atoms with Crippen molar-refractivity contribution in [3.63, 3.8) is 0 Å². The van der Waals surface area contributed by atoms with E-state index in [1.54, 1.807) is 18.2 Å². The van der Waals surface area contributed by atoms with E-state index in [-0.39, 0.29) is 15.8 Å². The zero-order valence-corrected chi connectivity index (χ0v) is 12.2. The zero-order chi connectivity index (χ0) is 13.8. The molecule has 1 atom stereocenters. The van der Waals surface area contributed by atoms with Crippen molar-refractivity contribution in [2.24, 2.45) is 0 Å². The lowest BCUT2D eigenvalue weighted by Crippen LogP contribution is -2.04. The van der Waals surface area contributed by atoms with E-state index in [1.807, 2.05) is 25.1 Å². The monoisotopic (exact) mass is 290 g/mol. The SMILES string of the molecule is C=CC(C)c1sc(=O)sc1CC(=O)c1ccccc1. The number of carbonyl (C=O) groups excluding carboxylic acids is 1. The number of rotatable bonds is 5. The average molecular weight is 290 g/mol. The van der Waals surface area contributed by atoms with Gasteiger partial charge >= 0.3 is 0 Å². The molecule has 1 unspecified atom stereocenters. The van der Waals surface area contributed by atoms with Crippen LogP contribution in [-0.4, -0.2) is 5.78 Å². The molecule has 0 N–H and O–H groups in total. The van der Waals surface area contributed by atoms with E-state index in [2.05, 4.69) is 6.58 Å². The molecule has 19 heavy (non-hydrogen) atoms. The van der Waals surface area contributed by atoms with Crippen LogP contribution in [-0.2, 0) is 6.42 Å². The summed E-state index contributed by atoms with van der Waals surface area (Å²) in [6.07, 6.45) is 2.09. The first-order chi connectivity index (χ1) is 9.11. The number of ketones is 1. The third kappa shape index (κ3) is 3.28. The molecule has 0 saturated carbocycles. The summed E-state index contributed by atoms with van der Waals surface area (Å²) in [7, 11) is 0. The largest absolute Gasteiger partial charge is 0.294 e. The summed E-state index contributed by atoms with van der Waals surface area (Å²) < 4.78 is 0.0413. The first-order valence-electron chi connectivity index (χ1n) is 5.95. The van der Waals surface area contributed by atoms with Crippen LogP contribution in [0.3, 0.4) is 0 Å². The smallest absolute Gasteiger partial charge is 0.287 e. The molecule has 0 amide bonds. The molecule has 1 heterocycles. The second-order valence-corrected chi connectivity index (χ2v) is 6.57. The Balaban J connectivity index is 2.27. The second-order valence-electron chi connectivity index (χ2n) is 4.23. The summed E-state index contributed by atoms with van der Waals surface area (Å²) in [6.45, 7) is 5.74. The van der Waals surface area contributed by atoms with E-state index in [4.69, 9.17) is 0 Å². The molecule has 0 spiro atoms. The highest BCUT2D eigenvalue weighted by Crippen LogP contribution is 2.28. The summed E-state index contributed by atoms with van der Waals surface area (Å²) in [5, 5.41) is 0. The maximum atomic E-state index is 12.2. The highest BCUT2D eigenvalue weighted by molar-refractivity contribution is 7.27. The normalized spacial score (nSPS) is 12.1. The van der Waals surface area contributed by atoms with Crippen LogP contribution in [0.5, 0.6) is 0 Å². The van der Waals surface area contributed by atoms with Crippen molar-refractivity contribution in [3.8, 4) is 0 Å². The summed E-state index contributed by atoms with van der Waals surface area (Å²) in [5.74, 6) is 0.162. The van der Waals surface area contributed by atoms with E-state index in [1.165, 1.54) is 22.7 Å². The fourth-order valence-electron chi connectivity index (χ4n) is 1.77. The van der Waals surface area contributed by atoms with Crippen LogP contribution in [0.4, 0.5) is 0 Å². The quantitative estimate of drug-likeness (QED) is 0.618. The molecule has 1 aromatic carbocycles. The van der Waals surface area contributed by atoms with Crippen LogP contribution in [0.1, 0.15) is 33.0 Å². The number of Topliss-reactive ketones (excluding diaryl/α,β-unsaturated/α-hetero) is 1. The molecule has 0 aliphatic rings. The van der Waals surface area contributed by atoms with Crippen molar-refractivity contribution in [2.75, 3.05) is 0 Å². The summed E-state index contributed by atoms with van der Waals surface area (Å²) in [5.41, 5.74) is 0.686. The molecule has 0 fully saturated rings. The predicted molar refractivity (Wildman–Crippen MR) is 81.6 cm³/mol. The number of benzene rings is 1. The van der Waals surface area contributed by atoms with Crippen molar-refractivity contribution >= 4 is 28.5 Å². The van der Waals surface area contributed by atoms with Gasteiger partial charge in [-0.05, 0) is 0 Å². The van der Waals surface area contributed by atoms with Crippen molar-refractivity contribution in [1.29, 1.82) is 0 Å². The van der Waals surface area contributed by atoms with Crippen LogP contribution < -0.4 is 4.06 Å². The highest BCUT2D eigenvalue weighted by Gasteiger charge is 2.17. The van der Waals surface area contributed by atoms with E-state index in [0.717, 1.165) is 9.75 Å². The van der Waals surface area contributed by atoms with Gasteiger partial charge in [-0.15, -0.1) is 6.58 Å². The first kappa shape index (κ1) is 13.9. The minimum Gasteiger partial charge on any atom is -0.294 e. The van der Waals surface area contributed by atoms with E-state index < -0.39 is 0 Å². The van der Waals surface area contributed by atoms with Gasteiger partial charge in [-0.1, -0.05) is 66.0 Å². The number of hydrogen-bond acceptors (Lipinski definition) is 4. The Morgan fingerprint density at radius 1 is 1.32 bits per heavy atom. The third-order valence-electron chi connectivity index (χ3n) is 2.86. The minimum absolute atomic E-state index is 0.0413. The summed E-state index contributed by atoms with van der Waals surface area (Å²) in [4.78, 5) is 25.5. The lowest BCUT2D eigenvalue weighted by molar-refractivity contribution is 0.0993. The van der Waals surface area contributed by atoms with Gasteiger partial charge in [-0.3, -0.25) is 9.59 Å². The maximum Gasteiger partial charge on any atom is 0.287 e. The molecule has 1 aromatic heterocycles. The zero-order valence-electron chi connectivity index (χ0n) is 10.6. The van der Waals surface area contributed by atoms with E-state index >= 15 is 0 Å². The lowest BCUT2D eigenvalue weighted by atomic mass is 10.0. The molecule has 0 radical (unpaired) electrons. The molecular weight excluding hydrogens is 276 g/mol. The molecular formula is C15H14O2S2. The molecule has 98 valence electrons. The van der Waals surface area contributed by atoms with Crippen LogP contribution >= 0.6 is 22.7 Å². The van der Waals surface area contributed by atoms with Gasteiger partial charge in [0.25, 0.3) is 4.06 Å². The van der Waals surface area contributed by atoms with Gasteiger partial charge < -0.3 is 0 Å². The van der Waals surface area contributed by atoms with Gasteiger partial charge in [0.15, 0.2) is 5.78 Å². The van der Waals surface area contributed by atoms with Crippen LogP contribution in [0, 0.1) is 0 Å². The third-order valence-corrected chi connectivity index (χ3v) is 5.27. The highest BCUT2D eigenvalue weighted by atomic mass is 32.2. The molecule has 0 aliphatic heterocycles. The van der Waals surface area contributed by atoms with Gasteiger partial charge in [0.1, 0.15) is 0 Å². The van der Waals surface area contributed by atoms with Crippen LogP contribution in [0.25, 0.3) is 0 Å². The Morgan fingerprint density at radius 3 is 2.63 bits per heavy atom. The molecule has 0 aliphatic carbocycles. The molecule has 0 bridgehead atoms. The van der Waals surface area contributed by atoms with Gasteiger partial charge in [0.05, 0.1) is 0 Å². The second kappa shape index (κ2) is 6.08. The number of allylic oxidation sites excluding steroid dienone is 1. The molecule has 2 rings (SSSR count). The Kier molecular flexibility index (Phi) is 4.45. The summed E-state index contributed by atoms with van der Waals surface area (Å²) in [6, 6.07) is 9.17. The van der Waals surface area contributed by atoms with Crippen molar-refractivity contribution in [3.05, 3.63) is 67.2 Å². The van der Waals surface area contributed by atoms with Crippen LogP contribution in [0.15, 0.2) is 47.8 Å². The predicted octanol–water partition coefficient (Wildman–Crippen LogP) is 3.88. The Bertz CT molecular complexity index is 638. The number of carbonyl (C=O) groups is 1. The van der Waals surface area contributed by atoms with Gasteiger partial charge in [-0.25, -0.2) is 0 Å². The average Bonchev–Trinajstić information content (AvgIpc) is 2.79. The molecule has 0 saturated heterocycles. The first-order valence-corrected chi connectivity index (χ1v) is 7.58. The minimum atomic E-state index is 0.0413. The van der Waals surface area contributed by atoms with Gasteiger partial charge in [-0.2, -0.15) is 0 Å². The Hall–Kier alpha value is -1.52. The Morgan fingerprint density at radius 2 is 2.00 bits per heavy atom. The topological polar surface area (TPSA) is 34.1 Å². The Labute approximate surface area is 120 Å². The summed E-state index contributed by atoms with van der Waals surface area (Å²) >= 11 is 2.40. The van der Waals surface area contributed by atoms with Gasteiger partial charge in [0.2, 0.25) is 0 Å². The van der Waals surface area contributed by atoms with Crippen LogP contribution in [0.2, 0.25) is 0 Å². The fourth-order valence-corrected chi connectivity index (χ4v) is 4.09. The van der Waals surface area contributed by atoms with Crippen molar-refractivity contribution < 1.29 is 4.79 Å². The molecule has 2 aromatic rings. The van der Waals surface area contributed by atoms with E-state index in [9.17, 15) is 9.59 Å². The molecule has 4 heteroatoms.